The van der Waals surface area contributed by atoms with Gasteiger partial charge < -0.3 is 10.2 Å². The molecule has 32 heavy (non-hydrogen) atoms. The van der Waals surface area contributed by atoms with E-state index in [1.54, 1.807) is 12.1 Å². The van der Waals surface area contributed by atoms with Gasteiger partial charge in [0.25, 0.3) is 0 Å². The van der Waals surface area contributed by atoms with Gasteiger partial charge in [-0.1, -0.05) is 25.0 Å². The molecule has 2 fully saturated rings. The first kappa shape index (κ1) is 24.6. The Morgan fingerprint density at radius 2 is 1.41 bits per heavy atom. The third-order valence-corrected chi connectivity index (χ3v) is 7.07. The molecule has 0 saturated carbocycles. The number of hydrogen-bond donors (Lipinski definition) is 2. The summed E-state index contributed by atoms with van der Waals surface area (Å²) in [6, 6.07) is 6.36. The third-order valence-electron chi connectivity index (χ3n) is 6.14. The fourth-order valence-electron chi connectivity index (χ4n) is 4.17. The van der Waals surface area contributed by atoms with Gasteiger partial charge in [0.15, 0.2) is 0 Å². The number of nitrogens with one attached hydrogen (secondary N) is 1. The Bertz CT molecular complexity index is 859. The lowest BCUT2D eigenvalue weighted by Crippen LogP contribution is -2.52. The van der Waals surface area contributed by atoms with E-state index in [2.05, 4.69) is 15.1 Å². The Morgan fingerprint density at radius 3 is 1.97 bits per heavy atom. The molecular formula is C22H35N5O4S. The van der Waals surface area contributed by atoms with Crippen molar-refractivity contribution >= 4 is 21.8 Å². The lowest BCUT2D eigenvalue weighted by atomic mass is 10.1. The van der Waals surface area contributed by atoms with Crippen LogP contribution in [0.1, 0.15) is 31.2 Å². The number of primary sulfonamides is 1. The number of amides is 2. The maximum absolute atomic E-state index is 12.6. The molecule has 2 amide bonds. The van der Waals surface area contributed by atoms with Crippen molar-refractivity contribution in [3.63, 3.8) is 0 Å². The SMILES string of the molecule is NS(=O)(=O)c1ccc(CCNC(=O)CN2CCN(CC(=O)N3CCCCCC3)CC2)cc1. The van der Waals surface area contributed by atoms with Gasteiger partial charge in [-0.15, -0.1) is 0 Å². The number of carbonyl (C=O) groups excluding carboxylic acids is 2. The highest BCUT2D eigenvalue weighted by Crippen LogP contribution is 2.11. The maximum Gasteiger partial charge on any atom is 0.238 e. The highest BCUT2D eigenvalue weighted by molar-refractivity contribution is 7.89. The van der Waals surface area contributed by atoms with Crippen molar-refractivity contribution < 1.29 is 18.0 Å². The predicted octanol–water partition coefficient (Wildman–Crippen LogP) is 0.0129. The van der Waals surface area contributed by atoms with Gasteiger partial charge in [0.05, 0.1) is 18.0 Å². The van der Waals surface area contributed by atoms with Gasteiger partial charge in [0.1, 0.15) is 0 Å². The Labute approximate surface area is 191 Å². The van der Waals surface area contributed by atoms with E-state index in [0.717, 1.165) is 57.7 Å². The molecule has 2 saturated heterocycles. The minimum absolute atomic E-state index is 0.0275. The van der Waals surface area contributed by atoms with E-state index >= 15 is 0 Å². The summed E-state index contributed by atoms with van der Waals surface area (Å²) in [4.78, 5) is 31.2. The van der Waals surface area contributed by atoms with Gasteiger partial charge in [0, 0.05) is 45.8 Å². The minimum atomic E-state index is -3.69. The van der Waals surface area contributed by atoms with Crippen LogP contribution in [0.15, 0.2) is 29.2 Å². The number of carbonyl (C=O) groups is 2. The van der Waals surface area contributed by atoms with Crippen LogP contribution >= 0.6 is 0 Å². The molecule has 0 atom stereocenters. The molecule has 2 heterocycles. The highest BCUT2D eigenvalue weighted by Gasteiger charge is 2.23. The number of sulfonamides is 1. The molecule has 0 bridgehead atoms. The zero-order valence-corrected chi connectivity index (χ0v) is 19.5. The summed E-state index contributed by atoms with van der Waals surface area (Å²) >= 11 is 0. The number of benzene rings is 1. The quantitative estimate of drug-likeness (QED) is 0.559. The molecule has 0 unspecified atom stereocenters. The molecule has 3 N–H and O–H groups in total. The molecular weight excluding hydrogens is 430 g/mol. The normalized spacial score (nSPS) is 18.8. The lowest BCUT2D eigenvalue weighted by Gasteiger charge is -2.35. The molecule has 10 heteroatoms. The number of piperazine rings is 1. The molecule has 2 aliphatic rings. The van der Waals surface area contributed by atoms with E-state index in [1.807, 2.05) is 4.90 Å². The molecule has 3 rings (SSSR count). The summed E-state index contributed by atoms with van der Waals surface area (Å²) in [6.45, 7) is 6.21. The van der Waals surface area contributed by atoms with Crippen LogP contribution in [0.25, 0.3) is 0 Å². The Kier molecular flexibility index (Phi) is 9.03. The number of rotatable bonds is 8. The van der Waals surface area contributed by atoms with E-state index in [9.17, 15) is 18.0 Å². The second-order valence-corrected chi connectivity index (χ2v) is 10.2. The second kappa shape index (κ2) is 11.7. The van der Waals surface area contributed by atoms with Crippen LogP contribution in [-0.4, -0.2) is 93.8 Å². The Morgan fingerprint density at radius 1 is 0.844 bits per heavy atom. The van der Waals surface area contributed by atoms with Crippen molar-refractivity contribution in [2.75, 3.05) is 58.9 Å². The van der Waals surface area contributed by atoms with Crippen LogP contribution in [-0.2, 0) is 26.0 Å². The van der Waals surface area contributed by atoms with Crippen LogP contribution < -0.4 is 10.5 Å². The summed E-state index contributed by atoms with van der Waals surface area (Å²) in [5, 5.41) is 8.01. The van der Waals surface area contributed by atoms with E-state index in [4.69, 9.17) is 5.14 Å². The summed E-state index contributed by atoms with van der Waals surface area (Å²) < 4.78 is 22.6. The van der Waals surface area contributed by atoms with Crippen molar-refractivity contribution in [2.24, 2.45) is 5.14 Å². The zero-order valence-electron chi connectivity index (χ0n) is 18.7. The summed E-state index contributed by atoms with van der Waals surface area (Å²) in [7, 11) is -3.69. The van der Waals surface area contributed by atoms with Crippen molar-refractivity contribution in [3.05, 3.63) is 29.8 Å². The standard InChI is InChI=1S/C22H35N5O4S/c23-32(30,31)20-7-5-19(6-8-20)9-10-24-21(28)17-25-13-15-26(16-14-25)18-22(29)27-11-3-1-2-4-12-27/h5-8H,1-4,9-18H2,(H,24,28)(H2,23,30,31). The molecule has 0 spiro atoms. The number of hydrogen-bond acceptors (Lipinski definition) is 6. The lowest BCUT2D eigenvalue weighted by molar-refractivity contribution is -0.133. The van der Waals surface area contributed by atoms with Crippen LogP contribution in [0.4, 0.5) is 0 Å². The van der Waals surface area contributed by atoms with Gasteiger partial charge >= 0.3 is 0 Å². The highest BCUT2D eigenvalue weighted by atomic mass is 32.2. The number of likely N-dealkylation sites (tertiary alicyclic amines) is 1. The first-order valence-corrected chi connectivity index (χ1v) is 13.0. The monoisotopic (exact) mass is 465 g/mol. The summed E-state index contributed by atoms with van der Waals surface area (Å²) in [5.74, 6) is 0.204. The third kappa shape index (κ3) is 7.84. The summed E-state index contributed by atoms with van der Waals surface area (Å²) in [5.41, 5.74) is 0.931. The average Bonchev–Trinajstić information content (AvgIpc) is 3.05. The Balaban J connectivity index is 1.31. The second-order valence-electron chi connectivity index (χ2n) is 8.64. The maximum atomic E-state index is 12.6. The molecule has 2 aliphatic heterocycles. The van der Waals surface area contributed by atoms with Gasteiger partial charge in [-0.25, -0.2) is 13.6 Å². The smallest absolute Gasteiger partial charge is 0.238 e. The van der Waals surface area contributed by atoms with Crippen LogP contribution in [0.3, 0.4) is 0 Å². The van der Waals surface area contributed by atoms with Gasteiger partial charge in [-0.3, -0.25) is 19.4 Å². The zero-order chi connectivity index (χ0) is 23.0. The molecule has 0 aliphatic carbocycles. The van der Waals surface area contributed by atoms with Crippen molar-refractivity contribution in [2.45, 2.75) is 37.0 Å². The molecule has 178 valence electrons. The minimum Gasteiger partial charge on any atom is -0.355 e. The first-order chi connectivity index (χ1) is 15.3. The van der Waals surface area contributed by atoms with Gasteiger partial charge in [-0.2, -0.15) is 0 Å². The first-order valence-electron chi connectivity index (χ1n) is 11.4. The number of nitrogens with zero attached hydrogens (tertiary/aromatic N) is 3. The average molecular weight is 466 g/mol. The molecule has 1 aromatic rings. The van der Waals surface area contributed by atoms with Crippen molar-refractivity contribution in [1.29, 1.82) is 0 Å². The molecule has 1 aromatic carbocycles. The van der Waals surface area contributed by atoms with E-state index in [1.165, 1.54) is 25.0 Å². The van der Waals surface area contributed by atoms with E-state index in [-0.39, 0.29) is 16.7 Å². The predicted molar refractivity (Wildman–Crippen MR) is 122 cm³/mol. The van der Waals surface area contributed by atoms with Crippen LogP contribution in [0, 0.1) is 0 Å². The van der Waals surface area contributed by atoms with E-state index in [0.29, 0.717) is 26.1 Å². The Hall–Kier alpha value is -2.01. The van der Waals surface area contributed by atoms with Gasteiger partial charge in [-0.05, 0) is 37.0 Å². The van der Waals surface area contributed by atoms with Crippen molar-refractivity contribution in [3.8, 4) is 0 Å². The fourth-order valence-corrected chi connectivity index (χ4v) is 4.68. The summed E-state index contributed by atoms with van der Waals surface area (Å²) in [6.07, 6.45) is 5.26. The molecule has 9 nitrogen and oxygen atoms in total. The van der Waals surface area contributed by atoms with Crippen LogP contribution in [0.5, 0.6) is 0 Å². The van der Waals surface area contributed by atoms with Crippen LogP contribution in [0.2, 0.25) is 0 Å². The largest absolute Gasteiger partial charge is 0.355 e. The topological polar surface area (TPSA) is 116 Å². The van der Waals surface area contributed by atoms with Crippen molar-refractivity contribution in [1.82, 2.24) is 20.0 Å². The number of nitrogens with two attached hydrogens (primary N) is 1. The molecule has 0 radical (unpaired) electrons. The van der Waals surface area contributed by atoms with E-state index < -0.39 is 10.0 Å². The van der Waals surface area contributed by atoms with Gasteiger partial charge in [0.2, 0.25) is 21.8 Å². The molecule has 0 aromatic heterocycles. The fraction of sp³-hybridized carbons (Fsp3) is 0.636.